The minimum atomic E-state index is -3.29. The van der Waals surface area contributed by atoms with Gasteiger partial charge in [-0.25, -0.2) is 13.6 Å². The summed E-state index contributed by atoms with van der Waals surface area (Å²) < 4.78 is 31.9. The number of hydrogen-bond acceptors (Lipinski definition) is 3. The van der Waals surface area contributed by atoms with Gasteiger partial charge >= 0.3 is 12.1 Å². The van der Waals surface area contributed by atoms with Gasteiger partial charge in [0.25, 0.3) is 5.92 Å². The van der Waals surface area contributed by atoms with Crippen molar-refractivity contribution in [2.24, 2.45) is 11.8 Å². The Hall–Kier alpha value is -2.96. The Balaban J connectivity index is 1.38. The molecule has 2 N–H and O–H groups in total. The van der Waals surface area contributed by atoms with Crippen LogP contribution in [-0.2, 0) is 9.53 Å². The van der Waals surface area contributed by atoms with Gasteiger partial charge in [-0.2, -0.15) is 0 Å². The van der Waals surface area contributed by atoms with Crippen molar-refractivity contribution in [1.29, 1.82) is 0 Å². The van der Waals surface area contributed by atoms with Crippen molar-refractivity contribution in [3.63, 3.8) is 0 Å². The van der Waals surface area contributed by atoms with E-state index in [0.29, 0.717) is 0 Å². The van der Waals surface area contributed by atoms with Gasteiger partial charge in [-0.05, 0) is 22.3 Å². The number of amides is 1. The van der Waals surface area contributed by atoms with Gasteiger partial charge in [0, 0.05) is 12.5 Å². The smallest absolute Gasteiger partial charge is 0.407 e. The number of carbonyl (C=O) groups is 2. The van der Waals surface area contributed by atoms with E-state index in [4.69, 9.17) is 9.84 Å². The highest BCUT2D eigenvalue weighted by Crippen LogP contribution is 2.54. The SMILES string of the molecule is O=C(NC[C@H]1[C@@H](C(=O)O)C1(F)F)OCC1c2ccccc2-c2ccccc21. The summed E-state index contributed by atoms with van der Waals surface area (Å²) in [6.45, 7) is -0.357. The van der Waals surface area contributed by atoms with E-state index in [1.165, 1.54) is 0 Å². The first-order chi connectivity index (χ1) is 12.9. The molecule has 0 spiro atoms. The fraction of sp³-hybridized carbons (Fsp3) is 0.300. The lowest BCUT2D eigenvalue weighted by molar-refractivity contribution is -0.140. The molecule has 4 rings (SSSR count). The molecule has 5 nitrogen and oxygen atoms in total. The third kappa shape index (κ3) is 2.93. The summed E-state index contributed by atoms with van der Waals surface area (Å²) in [7, 11) is 0. The van der Waals surface area contributed by atoms with E-state index in [9.17, 15) is 18.4 Å². The first-order valence-corrected chi connectivity index (χ1v) is 8.60. The van der Waals surface area contributed by atoms with Gasteiger partial charge in [0.05, 0.1) is 5.92 Å². The molecule has 1 amide bonds. The van der Waals surface area contributed by atoms with Crippen molar-refractivity contribution in [2.45, 2.75) is 11.8 Å². The maximum atomic E-state index is 13.4. The Labute approximate surface area is 154 Å². The fourth-order valence-corrected chi connectivity index (χ4v) is 3.82. The molecule has 2 aliphatic rings. The second-order valence-corrected chi connectivity index (χ2v) is 6.80. The van der Waals surface area contributed by atoms with Crippen molar-refractivity contribution in [3.05, 3.63) is 59.7 Å². The zero-order chi connectivity index (χ0) is 19.2. The van der Waals surface area contributed by atoms with E-state index in [1.807, 2.05) is 48.5 Å². The summed E-state index contributed by atoms with van der Waals surface area (Å²) in [6.07, 6.45) is -0.830. The fourth-order valence-electron chi connectivity index (χ4n) is 3.82. The largest absolute Gasteiger partial charge is 0.481 e. The maximum Gasteiger partial charge on any atom is 0.407 e. The first kappa shape index (κ1) is 17.5. The molecule has 0 aromatic heterocycles. The normalized spacial score (nSPS) is 21.9. The molecule has 0 unspecified atom stereocenters. The quantitative estimate of drug-likeness (QED) is 0.841. The van der Waals surface area contributed by atoms with E-state index < -0.39 is 36.4 Å². The van der Waals surface area contributed by atoms with Gasteiger partial charge in [0.2, 0.25) is 0 Å². The van der Waals surface area contributed by atoms with Crippen LogP contribution in [0.2, 0.25) is 0 Å². The number of ether oxygens (including phenoxy) is 1. The number of rotatable bonds is 5. The monoisotopic (exact) mass is 373 g/mol. The maximum absolute atomic E-state index is 13.4. The third-order valence-corrected chi connectivity index (χ3v) is 5.28. The Kier molecular flexibility index (Phi) is 4.09. The van der Waals surface area contributed by atoms with Crippen LogP contribution in [0.5, 0.6) is 0 Å². The Morgan fingerprint density at radius 3 is 2.11 bits per heavy atom. The summed E-state index contributed by atoms with van der Waals surface area (Å²) in [6, 6.07) is 15.7. The number of carboxylic acid groups (broad SMARTS) is 1. The molecule has 1 fully saturated rings. The van der Waals surface area contributed by atoms with E-state index in [-0.39, 0.29) is 12.5 Å². The summed E-state index contributed by atoms with van der Waals surface area (Å²) in [4.78, 5) is 22.7. The second kappa shape index (κ2) is 6.33. The predicted molar refractivity (Wildman–Crippen MR) is 92.6 cm³/mol. The molecule has 7 heteroatoms. The van der Waals surface area contributed by atoms with E-state index >= 15 is 0 Å². The lowest BCUT2D eigenvalue weighted by Gasteiger charge is -2.14. The number of halogens is 2. The van der Waals surface area contributed by atoms with Crippen LogP contribution in [0.25, 0.3) is 11.1 Å². The van der Waals surface area contributed by atoms with Crippen molar-refractivity contribution in [2.75, 3.05) is 13.2 Å². The van der Waals surface area contributed by atoms with Crippen LogP contribution in [0.3, 0.4) is 0 Å². The average molecular weight is 373 g/mol. The van der Waals surface area contributed by atoms with Crippen molar-refractivity contribution >= 4 is 12.1 Å². The molecule has 2 atom stereocenters. The molecule has 140 valence electrons. The van der Waals surface area contributed by atoms with E-state index in [1.54, 1.807) is 0 Å². The predicted octanol–water partition coefficient (Wildman–Crippen LogP) is 3.49. The van der Waals surface area contributed by atoms with Crippen molar-refractivity contribution in [1.82, 2.24) is 5.32 Å². The summed E-state index contributed by atoms with van der Waals surface area (Å²) in [5, 5.41) is 11.0. The summed E-state index contributed by atoms with van der Waals surface area (Å²) >= 11 is 0. The van der Waals surface area contributed by atoms with Crippen molar-refractivity contribution < 1.29 is 28.2 Å². The lowest BCUT2D eigenvalue weighted by Crippen LogP contribution is -2.29. The molecule has 27 heavy (non-hydrogen) atoms. The van der Waals surface area contributed by atoms with Crippen LogP contribution in [0, 0.1) is 11.8 Å². The number of alkyl carbamates (subject to hydrolysis) is 1. The van der Waals surface area contributed by atoms with Gasteiger partial charge in [-0.3, -0.25) is 4.79 Å². The van der Waals surface area contributed by atoms with Gasteiger partial charge in [0.1, 0.15) is 12.5 Å². The van der Waals surface area contributed by atoms with Crippen LogP contribution in [0.1, 0.15) is 17.0 Å². The van der Waals surface area contributed by atoms with Gasteiger partial charge in [-0.15, -0.1) is 0 Å². The highest BCUT2D eigenvalue weighted by atomic mass is 19.3. The molecule has 0 saturated heterocycles. The van der Waals surface area contributed by atoms with Crippen molar-refractivity contribution in [3.8, 4) is 11.1 Å². The number of hydrogen-bond donors (Lipinski definition) is 2. The minimum Gasteiger partial charge on any atom is -0.481 e. The number of nitrogens with one attached hydrogen (secondary N) is 1. The highest BCUT2D eigenvalue weighted by Gasteiger charge is 2.72. The molecule has 2 aliphatic carbocycles. The molecule has 0 bridgehead atoms. The molecule has 0 aliphatic heterocycles. The molecule has 1 saturated carbocycles. The number of carboxylic acids is 1. The minimum absolute atomic E-state index is 0.0727. The molecular formula is C20H17F2NO4. The molecule has 0 heterocycles. The number of alkyl halides is 2. The van der Waals surface area contributed by atoms with E-state index in [2.05, 4.69) is 5.32 Å². The highest BCUT2D eigenvalue weighted by molar-refractivity contribution is 5.79. The topological polar surface area (TPSA) is 75.6 Å². The Morgan fingerprint density at radius 1 is 1.04 bits per heavy atom. The zero-order valence-corrected chi connectivity index (χ0v) is 14.2. The van der Waals surface area contributed by atoms with Gasteiger partial charge in [0.15, 0.2) is 0 Å². The van der Waals surface area contributed by atoms with E-state index in [0.717, 1.165) is 22.3 Å². The van der Waals surface area contributed by atoms with Crippen LogP contribution in [-0.4, -0.2) is 36.2 Å². The van der Waals surface area contributed by atoms with Crippen LogP contribution < -0.4 is 5.32 Å². The zero-order valence-electron chi connectivity index (χ0n) is 14.2. The second-order valence-electron chi connectivity index (χ2n) is 6.80. The third-order valence-electron chi connectivity index (χ3n) is 5.28. The molecule has 0 radical (unpaired) electrons. The number of benzene rings is 2. The average Bonchev–Trinajstić information content (AvgIpc) is 3.06. The molecular weight excluding hydrogens is 356 g/mol. The van der Waals surface area contributed by atoms with Crippen LogP contribution >= 0.6 is 0 Å². The van der Waals surface area contributed by atoms with Gasteiger partial charge in [-0.1, -0.05) is 48.5 Å². The summed E-state index contributed by atoms with van der Waals surface area (Å²) in [5.74, 6) is -8.11. The molecule has 2 aromatic rings. The first-order valence-electron chi connectivity index (χ1n) is 8.60. The van der Waals surface area contributed by atoms with Crippen LogP contribution in [0.4, 0.5) is 13.6 Å². The Bertz CT molecular complexity index is 869. The van der Waals surface area contributed by atoms with Crippen LogP contribution in [0.15, 0.2) is 48.5 Å². The molecule has 2 aromatic carbocycles. The number of fused-ring (bicyclic) bond motifs is 3. The van der Waals surface area contributed by atoms with Gasteiger partial charge < -0.3 is 15.2 Å². The number of carbonyl (C=O) groups excluding carboxylic acids is 1. The number of aliphatic carboxylic acids is 1. The standard InChI is InChI=1S/C20H17F2NO4/c21-20(22)16(17(20)18(24)25)9-23-19(26)27-10-15-13-7-3-1-5-11(13)12-6-2-4-8-14(12)15/h1-8,15-17H,9-10H2,(H,23,26)(H,24,25)/t16-,17-/m0/s1. The lowest BCUT2D eigenvalue weighted by atomic mass is 9.98. The Morgan fingerprint density at radius 2 is 1.59 bits per heavy atom. The summed E-state index contributed by atoms with van der Waals surface area (Å²) in [5.41, 5.74) is 4.27.